The molecule has 0 bridgehead atoms. The van der Waals surface area contributed by atoms with Gasteiger partial charge in [-0.05, 0) is 49.3 Å². The van der Waals surface area contributed by atoms with Crippen LogP contribution in [0.15, 0.2) is 18.2 Å². The molecule has 1 amide bonds. The van der Waals surface area contributed by atoms with E-state index in [1.165, 1.54) is 0 Å². The summed E-state index contributed by atoms with van der Waals surface area (Å²) in [5.41, 5.74) is 1.62. The highest BCUT2D eigenvalue weighted by Crippen LogP contribution is 2.23. The average Bonchev–Trinajstić information content (AvgIpc) is 2.41. The number of hydrogen-bond acceptors (Lipinski definition) is 3. The minimum absolute atomic E-state index is 0.0340. The van der Waals surface area contributed by atoms with Crippen molar-refractivity contribution in [1.29, 1.82) is 0 Å². The monoisotopic (exact) mass is 277 g/mol. The van der Waals surface area contributed by atoms with Gasteiger partial charge in [0, 0.05) is 6.54 Å². The number of hydrogen-bond donors (Lipinski definition) is 3. The molecular formula is C16H23NO3. The summed E-state index contributed by atoms with van der Waals surface area (Å²) in [6.07, 6.45) is 3.84. The maximum absolute atomic E-state index is 11.9. The van der Waals surface area contributed by atoms with Crippen LogP contribution in [0.25, 0.3) is 0 Å². The zero-order valence-corrected chi connectivity index (χ0v) is 11.9. The molecule has 4 nitrogen and oxygen atoms in total. The van der Waals surface area contributed by atoms with Crippen LogP contribution in [0.3, 0.4) is 0 Å². The largest absolute Gasteiger partial charge is 0.508 e. The quantitative estimate of drug-likeness (QED) is 0.787. The first-order valence-corrected chi connectivity index (χ1v) is 7.28. The molecule has 3 N–H and O–H groups in total. The third kappa shape index (κ3) is 4.23. The number of phenolic OH excluding ortho intramolecular Hbond substituents is 1. The highest BCUT2D eigenvalue weighted by Gasteiger charge is 2.20. The Bertz CT molecular complexity index is 473. The van der Waals surface area contributed by atoms with E-state index >= 15 is 0 Å². The van der Waals surface area contributed by atoms with Crippen LogP contribution in [0, 0.1) is 12.8 Å². The first-order chi connectivity index (χ1) is 9.54. The van der Waals surface area contributed by atoms with E-state index in [1.807, 2.05) is 19.1 Å². The lowest BCUT2D eigenvalue weighted by atomic mass is 9.87. The number of benzene rings is 1. The molecule has 0 heterocycles. The first kappa shape index (κ1) is 14.9. The number of aliphatic hydroxyl groups is 1. The number of amides is 1. The zero-order chi connectivity index (χ0) is 14.5. The normalized spacial score (nSPS) is 22.5. The molecule has 0 aliphatic heterocycles. The summed E-state index contributed by atoms with van der Waals surface area (Å²) in [6.45, 7) is 2.46. The number of carbonyl (C=O) groups is 1. The van der Waals surface area contributed by atoms with Crippen LogP contribution in [-0.4, -0.2) is 28.8 Å². The van der Waals surface area contributed by atoms with Crippen molar-refractivity contribution in [3.05, 3.63) is 29.3 Å². The van der Waals surface area contributed by atoms with Gasteiger partial charge in [-0.25, -0.2) is 0 Å². The third-order valence-electron chi connectivity index (χ3n) is 3.98. The molecule has 0 saturated heterocycles. The molecule has 1 aliphatic rings. The van der Waals surface area contributed by atoms with Gasteiger partial charge in [0.1, 0.15) is 5.75 Å². The van der Waals surface area contributed by atoms with Crippen molar-refractivity contribution in [2.75, 3.05) is 6.54 Å². The van der Waals surface area contributed by atoms with Gasteiger partial charge >= 0.3 is 0 Å². The van der Waals surface area contributed by atoms with Gasteiger partial charge in [0.2, 0.25) is 5.91 Å². The number of phenols is 1. The molecule has 2 atom stereocenters. The van der Waals surface area contributed by atoms with Crippen LogP contribution in [0.2, 0.25) is 0 Å². The van der Waals surface area contributed by atoms with Gasteiger partial charge in [-0.1, -0.05) is 18.6 Å². The number of aliphatic hydroxyl groups excluding tert-OH is 1. The highest BCUT2D eigenvalue weighted by atomic mass is 16.3. The second-order valence-corrected chi connectivity index (χ2v) is 5.79. The van der Waals surface area contributed by atoms with E-state index in [1.54, 1.807) is 6.07 Å². The van der Waals surface area contributed by atoms with Gasteiger partial charge in [0.15, 0.2) is 0 Å². The fraction of sp³-hybridized carbons (Fsp3) is 0.562. The van der Waals surface area contributed by atoms with Crippen LogP contribution < -0.4 is 5.32 Å². The van der Waals surface area contributed by atoms with E-state index < -0.39 is 0 Å². The Labute approximate surface area is 119 Å². The van der Waals surface area contributed by atoms with E-state index in [0.717, 1.165) is 36.8 Å². The van der Waals surface area contributed by atoms with Crippen molar-refractivity contribution in [1.82, 2.24) is 5.32 Å². The SMILES string of the molecule is Cc1ccc(CC(=O)NCC2CCCC(O)C2)cc1O. The molecule has 1 aliphatic carbocycles. The summed E-state index contributed by atoms with van der Waals surface area (Å²) in [6, 6.07) is 5.31. The Morgan fingerprint density at radius 1 is 1.40 bits per heavy atom. The Morgan fingerprint density at radius 2 is 2.20 bits per heavy atom. The molecule has 0 spiro atoms. The lowest BCUT2D eigenvalue weighted by molar-refractivity contribution is -0.120. The minimum Gasteiger partial charge on any atom is -0.508 e. The summed E-state index contributed by atoms with van der Waals surface area (Å²) >= 11 is 0. The van der Waals surface area contributed by atoms with Crippen LogP contribution >= 0.6 is 0 Å². The van der Waals surface area contributed by atoms with E-state index in [2.05, 4.69) is 5.32 Å². The van der Waals surface area contributed by atoms with Gasteiger partial charge in [0.25, 0.3) is 0 Å². The summed E-state index contributed by atoms with van der Waals surface area (Å²) in [5, 5.41) is 22.1. The van der Waals surface area contributed by atoms with Crippen molar-refractivity contribution in [3.8, 4) is 5.75 Å². The van der Waals surface area contributed by atoms with E-state index in [0.29, 0.717) is 12.5 Å². The van der Waals surface area contributed by atoms with E-state index in [4.69, 9.17) is 0 Å². The Balaban J connectivity index is 1.78. The molecule has 2 unspecified atom stereocenters. The molecule has 110 valence electrons. The van der Waals surface area contributed by atoms with E-state index in [9.17, 15) is 15.0 Å². The second kappa shape index (κ2) is 6.75. The summed E-state index contributed by atoms with van der Waals surface area (Å²) in [7, 11) is 0. The van der Waals surface area contributed by atoms with Crippen molar-refractivity contribution in [2.24, 2.45) is 5.92 Å². The number of aryl methyl sites for hydroxylation is 1. The third-order valence-corrected chi connectivity index (χ3v) is 3.98. The van der Waals surface area contributed by atoms with Crippen molar-refractivity contribution < 1.29 is 15.0 Å². The maximum Gasteiger partial charge on any atom is 0.224 e. The van der Waals surface area contributed by atoms with Gasteiger partial charge in [-0.3, -0.25) is 4.79 Å². The Morgan fingerprint density at radius 3 is 2.90 bits per heavy atom. The highest BCUT2D eigenvalue weighted by molar-refractivity contribution is 5.78. The number of nitrogens with one attached hydrogen (secondary N) is 1. The van der Waals surface area contributed by atoms with Gasteiger partial charge in [-0.2, -0.15) is 0 Å². The predicted octanol–water partition coefficient (Wildman–Crippen LogP) is 1.91. The zero-order valence-electron chi connectivity index (χ0n) is 11.9. The van der Waals surface area contributed by atoms with Crippen molar-refractivity contribution in [3.63, 3.8) is 0 Å². The van der Waals surface area contributed by atoms with Gasteiger partial charge < -0.3 is 15.5 Å². The molecule has 2 rings (SSSR count). The van der Waals surface area contributed by atoms with Gasteiger partial charge in [-0.15, -0.1) is 0 Å². The molecule has 0 aromatic heterocycles. The molecule has 20 heavy (non-hydrogen) atoms. The Kier molecular flexibility index (Phi) is 5.01. The smallest absolute Gasteiger partial charge is 0.224 e. The van der Waals surface area contributed by atoms with Crippen LogP contribution in [0.1, 0.15) is 36.8 Å². The van der Waals surface area contributed by atoms with E-state index in [-0.39, 0.29) is 24.2 Å². The molecule has 1 saturated carbocycles. The standard InChI is InChI=1S/C16H23NO3/c1-11-5-6-12(8-15(11)19)9-16(20)17-10-13-3-2-4-14(18)7-13/h5-6,8,13-14,18-19H,2-4,7,9-10H2,1H3,(H,17,20). The lowest BCUT2D eigenvalue weighted by Crippen LogP contribution is -2.33. The molecule has 1 aromatic carbocycles. The fourth-order valence-electron chi connectivity index (χ4n) is 2.72. The van der Waals surface area contributed by atoms with Crippen LogP contribution in [0.4, 0.5) is 0 Å². The fourth-order valence-corrected chi connectivity index (χ4v) is 2.72. The lowest BCUT2D eigenvalue weighted by Gasteiger charge is -2.25. The minimum atomic E-state index is -0.209. The second-order valence-electron chi connectivity index (χ2n) is 5.79. The summed E-state index contributed by atoms with van der Waals surface area (Å²) < 4.78 is 0. The summed E-state index contributed by atoms with van der Waals surface area (Å²) in [4.78, 5) is 11.9. The molecule has 1 aromatic rings. The van der Waals surface area contributed by atoms with Crippen LogP contribution in [-0.2, 0) is 11.2 Å². The molecule has 1 fully saturated rings. The van der Waals surface area contributed by atoms with Gasteiger partial charge in [0.05, 0.1) is 12.5 Å². The number of carbonyl (C=O) groups excluding carboxylic acids is 1. The summed E-state index contributed by atoms with van der Waals surface area (Å²) in [5.74, 6) is 0.577. The maximum atomic E-state index is 11.9. The number of rotatable bonds is 4. The average molecular weight is 277 g/mol. The van der Waals surface area contributed by atoms with Crippen molar-refractivity contribution >= 4 is 5.91 Å². The number of aromatic hydroxyl groups is 1. The topological polar surface area (TPSA) is 69.6 Å². The van der Waals surface area contributed by atoms with Crippen LogP contribution in [0.5, 0.6) is 5.75 Å². The van der Waals surface area contributed by atoms with Crippen molar-refractivity contribution in [2.45, 2.75) is 45.1 Å². The molecule has 4 heteroatoms. The molecular weight excluding hydrogens is 254 g/mol. The Hall–Kier alpha value is -1.55. The first-order valence-electron chi connectivity index (χ1n) is 7.28. The predicted molar refractivity (Wildman–Crippen MR) is 77.5 cm³/mol. The molecule has 0 radical (unpaired) electrons.